The van der Waals surface area contributed by atoms with Crippen molar-refractivity contribution in [1.29, 1.82) is 0 Å². The van der Waals surface area contributed by atoms with E-state index in [0.29, 0.717) is 0 Å². The fraction of sp³-hybridized carbons (Fsp3) is 1.00. The molecule has 1 fully saturated rings. The van der Waals surface area contributed by atoms with E-state index in [2.05, 4.69) is 0 Å². The molecule has 0 aromatic heterocycles. The summed E-state index contributed by atoms with van der Waals surface area (Å²) < 4.78 is 20.1. The average molecular weight is 222 g/mol. The van der Waals surface area contributed by atoms with E-state index in [-0.39, 0.29) is 6.61 Å². The van der Waals surface area contributed by atoms with E-state index in [1.54, 1.807) is 0 Å². The summed E-state index contributed by atoms with van der Waals surface area (Å²) in [6.07, 6.45) is -3.94. The molecule has 15 heavy (non-hydrogen) atoms. The lowest BCUT2D eigenvalue weighted by molar-refractivity contribution is -0.296. The predicted octanol–water partition coefficient (Wildman–Crippen LogP) is -1.26. The summed E-state index contributed by atoms with van der Waals surface area (Å²) in [7, 11) is 4.36. The number of methoxy groups -OCH3 is 3. The number of hydrogen-bond donors (Lipinski definition) is 2. The molecule has 0 aromatic carbocycles. The van der Waals surface area contributed by atoms with E-state index in [1.165, 1.54) is 21.3 Å². The van der Waals surface area contributed by atoms with Gasteiger partial charge in [-0.1, -0.05) is 0 Å². The van der Waals surface area contributed by atoms with E-state index in [4.69, 9.17) is 18.9 Å². The molecule has 2 N–H and O–H groups in total. The van der Waals surface area contributed by atoms with Crippen LogP contribution in [0.3, 0.4) is 0 Å². The van der Waals surface area contributed by atoms with Crippen molar-refractivity contribution in [3.8, 4) is 0 Å². The molecule has 1 aliphatic rings. The van der Waals surface area contributed by atoms with Gasteiger partial charge in [0.1, 0.15) is 24.4 Å². The number of ether oxygens (including phenoxy) is 4. The minimum atomic E-state index is -1.12. The second-order valence-corrected chi connectivity index (χ2v) is 3.41. The first-order valence-corrected chi connectivity index (χ1v) is 4.71. The molecule has 90 valence electrons. The molecule has 0 bridgehead atoms. The van der Waals surface area contributed by atoms with Crippen molar-refractivity contribution in [1.82, 2.24) is 0 Å². The summed E-state index contributed by atoms with van der Waals surface area (Å²) in [6.45, 7) is 0.189. The lowest BCUT2D eigenvalue weighted by Crippen LogP contribution is -2.59. The fourth-order valence-electron chi connectivity index (χ4n) is 1.73. The van der Waals surface area contributed by atoms with Gasteiger partial charge in [-0.15, -0.1) is 0 Å². The van der Waals surface area contributed by atoms with Gasteiger partial charge in [0, 0.05) is 21.3 Å². The second-order valence-electron chi connectivity index (χ2n) is 3.41. The Morgan fingerprint density at radius 1 is 1.07 bits per heavy atom. The van der Waals surface area contributed by atoms with Gasteiger partial charge >= 0.3 is 0 Å². The highest BCUT2D eigenvalue weighted by Crippen LogP contribution is 2.23. The highest BCUT2D eigenvalue weighted by atomic mass is 16.7. The summed E-state index contributed by atoms with van der Waals surface area (Å²) in [6, 6.07) is 0. The van der Waals surface area contributed by atoms with Gasteiger partial charge in [-0.3, -0.25) is 0 Å². The zero-order valence-electron chi connectivity index (χ0n) is 9.12. The molecular weight excluding hydrogens is 204 g/mol. The van der Waals surface area contributed by atoms with Crippen LogP contribution in [-0.4, -0.2) is 68.9 Å². The van der Waals surface area contributed by atoms with Crippen LogP contribution in [0.15, 0.2) is 0 Å². The first kappa shape index (κ1) is 12.8. The first-order valence-electron chi connectivity index (χ1n) is 4.71. The molecule has 1 aliphatic heterocycles. The quantitative estimate of drug-likeness (QED) is 0.618. The van der Waals surface area contributed by atoms with Crippen LogP contribution < -0.4 is 0 Å². The molecule has 0 unspecified atom stereocenters. The molecular formula is C9H18O6. The summed E-state index contributed by atoms with van der Waals surface area (Å²) >= 11 is 0. The average Bonchev–Trinajstić information content (AvgIpc) is 2.22. The number of hydrogen-bond acceptors (Lipinski definition) is 6. The molecule has 0 spiro atoms. The summed E-state index contributed by atoms with van der Waals surface area (Å²) in [5, 5.41) is 19.4. The van der Waals surface area contributed by atoms with Crippen molar-refractivity contribution >= 4 is 0 Å². The van der Waals surface area contributed by atoms with Crippen LogP contribution in [0.5, 0.6) is 0 Å². The Hall–Kier alpha value is -0.240. The van der Waals surface area contributed by atoms with E-state index < -0.39 is 30.7 Å². The van der Waals surface area contributed by atoms with Gasteiger partial charge in [-0.05, 0) is 0 Å². The van der Waals surface area contributed by atoms with Crippen molar-refractivity contribution in [3.05, 3.63) is 0 Å². The van der Waals surface area contributed by atoms with Crippen LogP contribution in [0.2, 0.25) is 0 Å². The molecule has 0 aliphatic carbocycles. The predicted molar refractivity (Wildman–Crippen MR) is 50.4 cm³/mol. The van der Waals surface area contributed by atoms with Crippen LogP contribution in [0.1, 0.15) is 0 Å². The maximum absolute atomic E-state index is 9.86. The Kier molecular flexibility index (Phi) is 4.91. The van der Waals surface area contributed by atoms with Crippen molar-refractivity contribution in [2.75, 3.05) is 27.9 Å². The van der Waals surface area contributed by atoms with Crippen molar-refractivity contribution in [3.63, 3.8) is 0 Å². The molecule has 6 nitrogen and oxygen atoms in total. The van der Waals surface area contributed by atoms with Crippen LogP contribution in [0, 0.1) is 0 Å². The van der Waals surface area contributed by atoms with Gasteiger partial charge in [-0.25, -0.2) is 0 Å². The summed E-state index contributed by atoms with van der Waals surface area (Å²) in [5.41, 5.74) is 0. The van der Waals surface area contributed by atoms with Crippen LogP contribution >= 0.6 is 0 Å². The smallest absolute Gasteiger partial charge is 0.184 e. The number of aliphatic hydroxyl groups excluding tert-OH is 2. The molecule has 1 rings (SSSR count). The molecule has 6 heteroatoms. The maximum Gasteiger partial charge on any atom is 0.184 e. The number of aliphatic hydroxyl groups is 2. The topological polar surface area (TPSA) is 77.4 Å². The molecule has 0 radical (unpaired) electrons. The van der Waals surface area contributed by atoms with Crippen molar-refractivity contribution < 1.29 is 29.2 Å². The third-order valence-electron chi connectivity index (χ3n) is 2.51. The Morgan fingerprint density at radius 2 is 1.67 bits per heavy atom. The normalized spacial score (nSPS) is 41.8. The van der Waals surface area contributed by atoms with Crippen LogP contribution in [0.25, 0.3) is 0 Å². The second kappa shape index (κ2) is 5.74. The standard InChI is InChI=1S/C9H18O6/c1-12-4-5-6(10)7(13-2)8(14-3)9(11)15-5/h5-11H,4H2,1-3H3/t5-,6-,7+,8+,9-/m1/s1. The van der Waals surface area contributed by atoms with Gasteiger partial charge in [0.15, 0.2) is 6.29 Å². The lowest BCUT2D eigenvalue weighted by atomic mass is 9.99. The highest BCUT2D eigenvalue weighted by Gasteiger charge is 2.45. The first-order chi connectivity index (χ1) is 7.15. The lowest BCUT2D eigenvalue weighted by Gasteiger charge is -2.41. The minimum absolute atomic E-state index is 0.189. The summed E-state index contributed by atoms with van der Waals surface area (Å²) in [5.74, 6) is 0. The zero-order chi connectivity index (χ0) is 11.4. The Morgan fingerprint density at radius 3 is 2.13 bits per heavy atom. The van der Waals surface area contributed by atoms with Gasteiger partial charge in [0.2, 0.25) is 0 Å². The molecule has 1 saturated heterocycles. The molecule has 0 aromatic rings. The highest BCUT2D eigenvalue weighted by molar-refractivity contribution is 4.90. The SMILES string of the molecule is COC[C@H]1O[C@@H](O)[C@@H](OC)[C@@H](OC)[C@@H]1O. The van der Waals surface area contributed by atoms with Gasteiger partial charge in [0.05, 0.1) is 6.61 Å². The number of rotatable bonds is 4. The van der Waals surface area contributed by atoms with E-state index in [9.17, 15) is 10.2 Å². The monoisotopic (exact) mass is 222 g/mol. The van der Waals surface area contributed by atoms with E-state index in [0.717, 1.165) is 0 Å². The largest absolute Gasteiger partial charge is 0.387 e. The Balaban J connectivity index is 2.70. The third-order valence-corrected chi connectivity index (χ3v) is 2.51. The molecule has 0 saturated carbocycles. The van der Waals surface area contributed by atoms with Crippen LogP contribution in [0.4, 0.5) is 0 Å². The molecule has 1 heterocycles. The minimum Gasteiger partial charge on any atom is -0.387 e. The maximum atomic E-state index is 9.86. The van der Waals surface area contributed by atoms with E-state index >= 15 is 0 Å². The van der Waals surface area contributed by atoms with E-state index in [1.807, 2.05) is 0 Å². The van der Waals surface area contributed by atoms with Gasteiger partial charge in [-0.2, -0.15) is 0 Å². The Bertz CT molecular complexity index is 187. The zero-order valence-corrected chi connectivity index (χ0v) is 9.12. The van der Waals surface area contributed by atoms with Crippen molar-refractivity contribution in [2.45, 2.75) is 30.7 Å². The van der Waals surface area contributed by atoms with Crippen LogP contribution in [-0.2, 0) is 18.9 Å². The van der Waals surface area contributed by atoms with Gasteiger partial charge in [0.25, 0.3) is 0 Å². The van der Waals surface area contributed by atoms with Crippen molar-refractivity contribution in [2.24, 2.45) is 0 Å². The van der Waals surface area contributed by atoms with Gasteiger partial charge < -0.3 is 29.2 Å². The molecule has 0 amide bonds. The summed E-state index contributed by atoms with van der Waals surface area (Å²) in [4.78, 5) is 0. The molecule has 5 atom stereocenters. The fourth-order valence-corrected chi connectivity index (χ4v) is 1.73. The Labute approximate surface area is 88.7 Å². The third kappa shape index (κ3) is 2.66.